The van der Waals surface area contributed by atoms with Crippen molar-refractivity contribution in [2.45, 2.75) is 45.4 Å². The van der Waals surface area contributed by atoms with E-state index in [0.717, 1.165) is 43.6 Å². The topological polar surface area (TPSA) is 49.4 Å². The zero-order valence-corrected chi connectivity index (χ0v) is 14.0. The largest absolute Gasteiger partial charge is 0.322 e. The quantitative estimate of drug-likeness (QED) is 0.851. The first kappa shape index (κ1) is 16.7. The summed E-state index contributed by atoms with van der Waals surface area (Å²) in [6, 6.07) is 4.48. The minimum atomic E-state index is -0.484. The minimum Gasteiger partial charge on any atom is -0.322 e. The predicted molar refractivity (Wildman–Crippen MR) is 92.3 cm³/mol. The zero-order valence-electron chi connectivity index (χ0n) is 14.0. The number of rotatable bonds is 3. The van der Waals surface area contributed by atoms with Gasteiger partial charge in [0.2, 0.25) is 11.8 Å². The van der Waals surface area contributed by atoms with E-state index in [2.05, 4.69) is 12.2 Å². The molecule has 128 valence electrons. The summed E-state index contributed by atoms with van der Waals surface area (Å²) in [6.07, 6.45) is 7.01. The molecular formula is C19H23FN2O2. The van der Waals surface area contributed by atoms with E-state index >= 15 is 0 Å². The molecule has 1 saturated carbocycles. The number of halogens is 1. The molecule has 1 aliphatic carbocycles. The molecule has 1 aromatic rings. The highest BCUT2D eigenvalue weighted by Crippen LogP contribution is 2.28. The molecule has 3 rings (SSSR count). The molecule has 1 saturated heterocycles. The Labute approximate surface area is 141 Å². The highest BCUT2D eigenvalue weighted by Gasteiger charge is 2.24. The molecule has 5 heteroatoms. The lowest BCUT2D eigenvalue weighted by Crippen LogP contribution is -2.24. The van der Waals surface area contributed by atoms with Gasteiger partial charge in [-0.05, 0) is 56.2 Å². The first-order chi connectivity index (χ1) is 11.5. The van der Waals surface area contributed by atoms with Crippen LogP contribution in [0.25, 0.3) is 0 Å². The number of carbonyl (C=O) groups is 2. The number of hydrogen-bond donors (Lipinski definition) is 1. The molecule has 0 spiro atoms. The van der Waals surface area contributed by atoms with Crippen LogP contribution in [0.4, 0.5) is 15.8 Å². The van der Waals surface area contributed by atoms with E-state index in [1.54, 1.807) is 18.2 Å². The Morgan fingerprint density at radius 2 is 2.04 bits per heavy atom. The molecule has 2 amide bonds. The van der Waals surface area contributed by atoms with Gasteiger partial charge in [-0.2, -0.15) is 0 Å². The summed E-state index contributed by atoms with van der Waals surface area (Å²) in [5.41, 5.74) is 1.86. The molecule has 1 aromatic carbocycles. The van der Waals surface area contributed by atoms with Crippen molar-refractivity contribution in [3.05, 3.63) is 35.7 Å². The highest BCUT2D eigenvalue weighted by atomic mass is 19.1. The minimum absolute atomic E-state index is 0.0538. The second kappa shape index (κ2) is 7.16. The van der Waals surface area contributed by atoms with E-state index in [0.29, 0.717) is 18.7 Å². The summed E-state index contributed by atoms with van der Waals surface area (Å²) >= 11 is 0. The molecule has 0 aromatic heterocycles. The van der Waals surface area contributed by atoms with Crippen molar-refractivity contribution in [1.29, 1.82) is 0 Å². The van der Waals surface area contributed by atoms with Gasteiger partial charge in [0.25, 0.3) is 0 Å². The fourth-order valence-electron chi connectivity index (χ4n) is 3.35. The van der Waals surface area contributed by atoms with Gasteiger partial charge in [-0.15, -0.1) is 0 Å². The molecule has 24 heavy (non-hydrogen) atoms. The average molecular weight is 330 g/mol. The van der Waals surface area contributed by atoms with Crippen molar-refractivity contribution in [1.82, 2.24) is 0 Å². The molecule has 2 aliphatic rings. The van der Waals surface area contributed by atoms with Crippen LogP contribution in [-0.2, 0) is 9.59 Å². The molecule has 1 heterocycles. The molecule has 1 N–H and O–H groups in total. The van der Waals surface area contributed by atoms with E-state index < -0.39 is 5.82 Å². The first-order valence-electron chi connectivity index (χ1n) is 8.63. The van der Waals surface area contributed by atoms with Crippen LogP contribution in [0.2, 0.25) is 0 Å². The molecule has 0 radical (unpaired) electrons. The lowest BCUT2D eigenvalue weighted by molar-refractivity contribution is -0.117. The van der Waals surface area contributed by atoms with Gasteiger partial charge < -0.3 is 10.2 Å². The van der Waals surface area contributed by atoms with Gasteiger partial charge in [0, 0.05) is 24.7 Å². The van der Waals surface area contributed by atoms with E-state index in [1.165, 1.54) is 11.0 Å². The monoisotopic (exact) mass is 330 g/mol. The molecular weight excluding hydrogens is 307 g/mol. The number of anilines is 2. The van der Waals surface area contributed by atoms with Gasteiger partial charge in [-0.1, -0.05) is 12.5 Å². The Morgan fingerprint density at radius 1 is 1.29 bits per heavy atom. The SMILES string of the molecule is CC1CCC(=CC(=O)Nc2ccc(N3CCCC3=O)c(F)c2)CC1. The highest BCUT2D eigenvalue weighted by molar-refractivity contribution is 6.00. The normalized spacial score (nSPS) is 21.1. The first-order valence-corrected chi connectivity index (χ1v) is 8.63. The van der Waals surface area contributed by atoms with Crippen LogP contribution in [0, 0.1) is 11.7 Å². The maximum Gasteiger partial charge on any atom is 0.248 e. The number of amides is 2. The van der Waals surface area contributed by atoms with Gasteiger partial charge in [0.1, 0.15) is 5.82 Å². The summed E-state index contributed by atoms with van der Waals surface area (Å²) in [5, 5.41) is 2.71. The maximum absolute atomic E-state index is 14.3. The second-order valence-corrected chi connectivity index (χ2v) is 6.79. The smallest absolute Gasteiger partial charge is 0.248 e. The Morgan fingerprint density at radius 3 is 2.67 bits per heavy atom. The number of allylic oxidation sites excluding steroid dienone is 1. The van der Waals surface area contributed by atoms with Crippen LogP contribution in [-0.4, -0.2) is 18.4 Å². The van der Waals surface area contributed by atoms with Crippen LogP contribution >= 0.6 is 0 Å². The molecule has 0 bridgehead atoms. The van der Waals surface area contributed by atoms with Gasteiger partial charge in [0.05, 0.1) is 5.69 Å². The summed E-state index contributed by atoms with van der Waals surface area (Å²) in [5.74, 6) is -0.0340. The van der Waals surface area contributed by atoms with E-state index in [-0.39, 0.29) is 17.5 Å². The fraction of sp³-hybridized carbons (Fsp3) is 0.474. The van der Waals surface area contributed by atoms with Crippen molar-refractivity contribution < 1.29 is 14.0 Å². The summed E-state index contributed by atoms with van der Waals surface area (Å²) in [7, 11) is 0. The van der Waals surface area contributed by atoms with E-state index in [4.69, 9.17) is 0 Å². The van der Waals surface area contributed by atoms with Crippen LogP contribution in [0.3, 0.4) is 0 Å². The Balaban J connectivity index is 1.65. The lowest BCUT2D eigenvalue weighted by atomic mass is 9.87. The number of hydrogen-bond acceptors (Lipinski definition) is 2. The summed E-state index contributed by atoms with van der Waals surface area (Å²) < 4.78 is 14.3. The number of benzene rings is 1. The number of carbonyl (C=O) groups excluding carboxylic acids is 2. The second-order valence-electron chi connectivity index (χ2n) is 6.79. The van der Waals surface area contributed by atoms with Crippen LogP contribution in [0.1, 0.15) is 45.4 Å². The van der Waals surface area contributed by atoms with Crippen LogP contribution < -0.4 is 10.2 Å². The van der Waals surface area contributed by atoms with Gasteiger partial charge in [0.15, 0.2) is 0 Å². The summed E-state index contributed by atoms with van der Waals surface area (Å²) in [4.78, 5) is 25.3. The molecule has 4 nitrogen and oxygen atoms in total. The van der Waals surface area contributed by atoms with Crippen LogP contribution in [0.15, 0.2) is 29.8 Å². The van der Waals surface area contributed by atoms with Gasteiger partial charge >= 0.3 is 0 Å². The Bertz CT molecular complexity index is 674. The van der Waals surface area contributed by atoms with Crippen molar-refractivity contribution >= 4 is 23.2 Å². The third-order valence-electron chi connectivity index (χ3n) is 4.83. The average Bonchev–Trinajstić information content (AvgIpc) is 2.96. The third kappa shape index (κ3) is 3.83. The predicted octanol–water partition coefficient (Wildman–Crippen LogP) is 4.03. The van der Waals surface area contributed by atoms with E-state index in [9.17, 15) is 14.0 Å². The maximum atomic E-state index is 14.3. The van der Waals surface area contributed by atoms with Crippen molar-refractivity contribution in [2.75, 3.05) is 16.8 Å². The molecule has 1 aliphatic heterocycles. The zero-order chi connectivity index (χ0) is 17.1. The van der Waals surface area contributed by atoms with Crippen molar-refractivity contribution in [3.63, 3.8) is 0 Å². The van der Waals surface area contributed by atoms with Gasteiger partial charge in [-0.3, -0.25) is 9.59 Å². The molecule has 0 atom stereocenters. The Hall–Kier alpha value is -2.17. The number of nitrogens with one attached hydrogen (secondary N) is 1. The lowest BCUT2D eigenvalue weighted by Gasteiger charge is -2.20. The molecule has 2 fully saturated rings. The summed E-state index contributed by atoms with van der Waals surface area (Å²) in [6.45, 7) is 2.78. The molecule has 0 unspecified atom stereocenters. The van der Waals surface area contributed by atoms with Crippen LogP contribution in [0.5, 0.6) is 0 Å². The van der Waals surface area contributed by atoms with E-state index in [1.807, 2.05) is 0 Å². The Kier molecular flexibility index (Phi) is 4.97. The number of nitrogens with zero attached hydrogens (tertiary/aromatic N) is 1. The van der Waals surface area contributed by atoms with Gasteiger partial charge in [-0.25, -0.2) is 4.39 Å². The third-order valence-corrected chi connectivity index (χ3v) is 4.83. The van der Waals surface area contributed by atoms with Crippen molar-refractivity contribution in [2.24, 2.45) is 5.92 Å². The standard InChI is InChI=1S/C19H23FN2O2/c1-13-4-6-14(7-5-13)11-18(23)21-15-8-9-17(16(20)12-15)22-10-2-3-19(22)24/h8-9,11-13H,2-7,10H2,1H3,(H,21,23). The van der Waals surface area contributed by atoms with Crippen molar-refractivity contribution in [3.8, 4) is 0 Å². The fourth-order valence-corrected chi connectivity index (χ4v) is 3.35.